The first-order valence-corrected chi connectivity index (χ1v) is 5.61. The zero-order valence-corrected chi connectivity index (χ0v) is 10.2. The van der Waals surface area contributed by atoms with Gasteiger partial charge in [-0.15, -0.1) is 0 Å². The van der Waals surface area contributed by atoms with Crippen LogP contribution in [-0.4, -0.2) is 19.1 Å². The smallest absolute Gasteiger partial charge is 0.101 e. The molecule has 0 heterocycles. The summed E-state index contributed by atoms with van der Waals surface area (Å²) in [5.74, 6) is 0. The van der Waals surface area contributed by atoms with Gasteiger partial charge < -0.3 is 10.6 Å². The Kier molecular flexibility index (Phi) is 4.81. The van der Waals surface area contributed by atoms with Gasteiger partial charge in [-0.2, -0.15) is 5.26 Å². The highest BCUT2D eigenvalue weighted by molar-refractivity contribution is 5.58. The van der Waals surface area contributed by atoms with Crippen LogP contribution in [0, 0.1) is 18.3 Å². The van der Waals surface area contributed by atoms with Gasteiger partial charge in [0.1, 0.15) is 6.07 Å². The molecule has 1 rings (SSSR count). The second-order valence-corrected chi connectivity index (χ2v) is 4.20. The van der Waals surface area contributed by atoms with Crippen molar-refractivity contribution in [3.05, 3.63) is 29.3 Å². The van der Waals surface area contributed by atoms with E-state index in [0.717, 1.165) is 18.8 Å². The average Bonchev–Trinajstić information content (AvgIpc) is 2.24. The number of nitriles is 1. The molecule has 0 spiro atoms. The van der Waals surface area contributed by atoms with E-state index >= 15 is 0 Å². The molecule has 86 valence electrons. The highest BCUT2D eigenvalue weighted by Gasteiger charge is 2.01. The van der Waals surface area contributed by atoms with Crippen LogP contribution in [0.3, 0.4) is 0 Å². The van der Waals surface area contributed by atoms with Gasteiger partial charge in [0.25, 0.3) is 0 Å². The summed E-state index contributed by atoms with van der Waals surface area (Å²) in [5.41, 5.74) is 2.79. The molecule has 0 radical (unpaired) electrons. The summed E-state index contributed by atoms with van der Waals surface area (Å²) in [5, 5.41) is 15.5. The van der Waals surface area contributed by atoms with Gasteiger partial charge in [-0.1, -0.05) is 19.9 Å². The van der Waals surface area contributed by atoms with E-state index in [-0.39, 0.29) is 0 Å². The Bertz CT molecular complexity index is 377. The minimum atomic E-state index is 0.495. The number of hydrogen-bond donors (Lipinski definition) is 2. The number of aryl methyl sites for hydroxylation is 1. The third-order valence-corrected chi connectivity index (χ3v) is 2.29. The van der Waals surface area contributed by atoms with Gasteiger partial charge in [-0.25, -0.2) is 0 Å². The van der Waals surface area contributed by atoms with Crippen molar-refractivity contribution in [2.24, 2.45) is 0 Å². The van der Waals surface area contributed by atoms with Crippen molar-refractivity contribution in [2.45, 2.75) is 26.8 Å². The van der Waals surface area contributed by atoms with Crippen LogP contribution in [0.5, 0.6) is 0 Å². The minimum Gasteiger partial charge on any atom is -0.383 e. The molecule has 0 unspecified atom stereocenters. The molecule has 2 N–H and O–H groups in total. The third-order valence-electron chi connectivity index (χ3n) is 2.29. The molecule has 0 aromatic heterocycles. The molecule has 0 saturated carbocycles. The Morgan fingerprint density at radius 1 is 1.31 bits per heavy atom. The third kappa shape index (κ3) is 3.92. The average molecular weight is 217 g/mol. The zero-order valence-electron chi connectivity index (χ0n) is 10.2. The molecule has 1 aromatic carbocycles. The lowest BCUT2D eigenvalue weighted by molar-refractivity contribution is 0.602. The lowest BCUT2D eigenvalue weighted by Crippen LogP contribution is -2.28. The molecule has 0 atom stereocenters. The lowest BCUT2D eigenvalue weighted by atomic mass is 10.1. The molecule has 0 aliphatic rings. The summed E-state index contributed by atoms with van der Waals surface area (Å²) >= 11 is 0. The molecule has 0 bridgehead atoms. The van der Waals surface area contributed by atoms with Gasteiger partial charge in [0.05, 0.1) is 11.3 Å². The number of hydrogen-bond acceptors (Lipinski definition) is 3. The van der Waals surface area contributed by atoms with E-state index in [2.05, 4.69) is 30.6 Å². The van der Waals surface area contributed by atoms with Crippen LogP contribution >= 0.6 is 0 Å². The summed E-state index contributed by atoms with van der Waals surface area (Å²) in [7, 11) is 0. The molecule has 1 aromatic rings. The van der Waals surface area contributed by atoms with Gasteiger partial charge >= 0.3 is 0 Å². The first-order valence-electron chi connectivity index (χ1n) is 5.61. The fourth-order valence-electron chi connectivity index (χ4n) is 1.46. The quantitative estimate of drug-likeness (QED) is 0.744. The van der Waals surface area contributed by atoms with E-state index in [1.54, 1.807) is 0 Å². The van der Waals surface area contributed by atoms with Crippen LogP contribution < -0.4 is 10.6 Å². The molecular formula is C13H19N3. The van der Waals surface area contributed by atoms with Crippen molar-refractivity contribution < 1.29 is 0 Å². The van der Waals surface area contributed by atoms with E-state index < -0.39 is 0 Å². The van der Waals surface area contributed by atoms with Crippen LogP contribution in [0.4, 0.5) is 5.69 Å². The molecule has 0 aliphatic heterocycles. The van der Waals surface area contributed by atoms with Crippen molar-refractivity contribution in [2.75, 3.05) is 18.4 Å². The fraction of sp³-hybridized carbons (Fsp3) is 0.462. The largest absolute Gasteiger partial charge is 0.383 e. The summed E-state index contributed by atoms with van der Waals surface area (Å²) in [6.45, 7) is 7.99. The van der Waals surface area contributed by atoms with Crippen LogP contribution in [0.15, 0.2) is 18.2 Å². The summed E-state index contributed by atoms with van der Waals surface area (Å²) in [6.07, 6.45) is 0. The van der Waals surface area contributed by atoms with Crippen LogP contribution in [0.1, 0.15) is 25.0 Å². The monoisotopic (exact) mass is 217 g/mol. The number of nitrogens with one attached hydrogen (secondary N) is 2. The number of nitrogens with zero attached hydrogens (tertiary/aromatic N) is 1. The van der Waals surface area contributed by atoms with Crippen LogP contribution in [0.2, 0.25) is 0 Å². The summed E-state index contributed by atoms with van der Waals surface area (Å²) in [4.78, 5) is 0. The Hall–Kier alpha value is -1.53. The zero-order chi connectivity index (χ0) is 12.0. The molecule has 3 nitrogen and oxygen atoms in total. The van der Waals surface area contributed by atoms with E-state index in [4.69, 9.17) is 5.26 Å². The van der Waals surface area contributed by atoms with Crippen molar-refractivity contribution in [3.63, 3.8) is 0 Å². The Morgan fingerprint density at radius 3 is 2.69 bits per heavy atom. The number of anilines is 1. The normalized spacial score (nSPS) is 10.2. The summed E-state index contributed by atoms with van der Waals surface area (Å²) in [6, 6.07) is 8.50. The van der Waals surface area contributed by atoms with Crippen molar-refractivity contribution in [3.8, 4) is 6.07 Å². The second-order valence-electron chi connectivity index (χ2n) is 4.20. The maximum atomic E-state index is 8.95. The highest BCUT2D eigenvalue weighted by atomic mass is 15.0. The number of benzene rings is 1. The Labute approximate surface area is 97.5 Å². The maximum absolute atomic E-state index is 8.95. The van der Waals surface area contributed by atoms with Crippen molar-refractivity contribution in [1.82, 2.24) is 5.32 Å². The predicted molar refractivity (Wildman–Crippen MR) is 67.5 cm³/mol. The van der Waals surface area contributed by atoms with Gasteiger partial charge in [0.2, 0.25) is 0 Å². The van der Waals surface area contributed by atoms with Crippen LogP contribution in [-0.2, 0) is 0 Å². The number of rotatable bonds is 5. The Balaban J connectivity index is 2.53. The van der Waals surface area contributed by atoms with E-state index in [0.29, 0.717) is 11.6 Å². The van der Waals surface area contributed by atoms with E-state index in [9.17, 15) is 0 Å². The van der Waals surface area contributed by atoms with Crippen molar-refractivity contribution in [1.29, 1.82) is 5.26 Å². The maximum Gasteiger partial charge on any atom is 0.101 e. The highest BCUT2D eigenvalue weighted by Crippen LogP contribution is 2.15. The summed E-state index contributed by atoms with van der Waals surface area (Å²) < 4.78 is 0. The molecule has 0 saturated heterocycles. The SMILES string of the molecule is Cc1ccc(C#N)c(NCCNC(C)C)c1. The van der Waals surface area contributed by atoms with E-state index in [1.807, 2.05) is 25.1 Å². The predicted octanol–water partition coefficient (Wildman–Crippen LogP) is 2.28. The van der Waals surface area contributed by atoms with Gasteiger partial charge in [0.15, 0.2) is 0 Å². The standard InChI is InChI=1S/C13H19N3/c1-10(2)15-6-7-16-13-8-11(3)4-5-12(13)9-14/h4-5,8,10,15-16H,6-7H2,1-3H3. The van der Waals surface area contributed by atoms with E-state index in [1.165, 1.54) is 5.56 Å². The van der Waals surface area contributed by atoms with Gasteiger partial charge in [0, 0.05) is 19.1 Å². The van der Waals surface area contributed by atoms with Gasteiger partial charge in [-0.05, 0) is 24.6 Å². The molecular weight excluding hydrogens is 198 g/mol. The molecule has 0 amide bonds. The minimum absolute atomic E-state index is 0.495. The molecule has 16 heavy (non-hydrogen) atoms. The molecule has 0 aliphatic carbocycles. The fourth-order valence-corrected chi connectivity index (χ4v) is 1.46. The lowest BCUT2D eigenvalue weighted by Gasteiger charge is -2.11. The van der Waals surface area contributed by atoms with Crippen LogP contribution in [0.25, 0.3) is 0 Å². The first-order chi connectivity index (χ1) is 7.63. The molecule has 3 heteroatoms. The topological polar surface area (TPSA) is 47.9 Å². The first kappa shape index (κ1) is 12.5. The second kappa shape index (κ2) is 6.14. The molecule has 0 fully saturated rings. The van der Waals surface area contributed by atoms with Crippen molar-refractivity contribution >= 4 is 5.69 Å². The Morgan fingerprint density at radius 2 is 2.06 bits per heavy atom. The van der Waals surface area contributed by atoms with Gasteiger partial charge in [-0.3, -0.25) is 0 Å².